The minimum atomic E-state index is -0.581. The number of urea groups is 1. The third-order valence-corrected chi connectivity index (χ3v) is 7.59. The molecule has 4 amide bonds. The van der Waals surface area contributed by atoms with Crippen molar-refractivity contribution in [1.29, 1.82) is 0 Å². The summed E-state index contributed by atoms with van der Waals surface area (Å²) in [5.74, 6) is -0.465. The first-order valence-corrected chi connectivity index (χ1v) is 11.0. The van der Waals surface area contributed by atoms with E-state index in [-0.39, 0.29) is 23.3 Å². The summed E-state index contributed by atoms with van der Waals surface area (Å²) in [5.41, 5.74) is -0.572. The summed E-state index contributed by atoms with van der Waals surface area (Å²) in [6, 6.07) is 5.69. The van der Waals surface area contributed by atoms with Gasteiger partial charge in [0.1, 0.15) is 5.82 Å². The Hall–Kier alpha value is -2.64. The van der Waals surface area contributed by atoms with Crippen molar-refractivity contribution < 1.29 is 18.8 Å². The Kier molecular flexibility index (Phi) is 5.43. The second-order valence-electron chi connectivity index (χ2n) is 9.33. The van der Waals surface area contributed by atoms with Crippen molar-refractivity contribution >= 4 is 17.8 Å². The number of hydrogen-bond acceptors (Lipinski definition) is 3. The number of carbonyl (C=O) groups excluding carboxylic acids is 3. The van der Waals surface area contributed by atoms with E-state index >= 15 is 0 Å². The monoisotopic (exact) mass is 430 g/mol. The summed E-state index contributed by atoms with van der Waals surface area (Å²) in [6.07, 6.45) is 2.07. The van der Waals surface area contributed by atoms with Crippen molar-refractivity contribution in [3.63, 3.8) is 0 Å². The van der Waals surface area contributed by atoms with E-state index in [1.807, 2.05) is 16.7 Å². The van der Waals surface area contributed by atoms with Crippen molar-refractivity contribution in [3.8, 4) is 0 Å². The molecule has 7 nitrogen and oxygen atoms in total. The molecule has 8 heteroatoms. The van der Waals surface area contributed by atoms with E-state index in [2.05, 4.69) is 0 Å². The van der Waals surface area contributed by atoms with Crippen LogP contribution in [0.5, 0.6) is 0 Å². The molecule has 1 unspecified atom stereocenters. The SMILES string of the molecule is CCN1CCC2(CN(C(=O)N(C)C)CC23CCN(C(=O)c2cccc(F)c2)CC3)C1=O. The number of likely N-dealkylation sites (tertiary alicyclic amines) is 3. The van der Waals surface area contributed by atoms with E-state index in [4.69, 9.17) is 0 Å². The van der Waals surface area contributed by atoms with E-state index in [0.29, 0.717) is 57.7 Å². The van der Waals surface area contributed by atoms with Gasteiger partial charge >= 0.3 is 6.03 Å². The van der Waals surface area contributed by atoms with Gasteiger partial charge in [0.25, 0.3) is 5.91 Å². The molecule has 3 fully saturated rings. The first-order valence-electron chi connectivity index (χ1n) is 11.0. The van der Waals surface area contributed by atoms with Gasteiger partial charge in [0.15, 0.2) is 0 Å². The number of halogens is 1. The van der Waals surface area contributed by atoms with Crippen LogP contribution in [0.15, 0.2) is 24.3 Å². The summed E-state index contributed by atoms with van der Waals surface area (Å²) < 4.78 is 13.6. The predicted octanol–water partition coefficient (Wildman–Crippen LogP) is 2.28. The number of nitrogens with zero attached hydrogens (tertiary/aromatic N) is 4. The molecule has 3 heterocycles. The van der Waals surface area contributed by atoms with Crippen molar-refractivity contribution in [2.75, 3.05) is 53.4 Å². The van der Waals surface area contributed by atoms with E-state index in [9.17, 15) is 18.8 Å². The molecule has 4 rings (SSSR count). The summed E-state index contributed by atoms with van der Waals surface area (Å²) in [5, 5.41) is 0. The standard InChI is InChI=1S/C23H31FN4O3/c1-4-26-13-10-23(20(26)30)16-28(21(31)25(2)3)15-22(23)8-11-27(12-9-22)19(29)17-6-5-7-18(24)14-17/h5-7,14H,4,8-13,15-16H2,1-3H3. The lowest BCUT2D eigenvalue weighted by Crippen LogP contribution is -2.53. The summed E-state index contributed by atoms with van der Waals surface area (Å²) >= 11 is 0. The van der Waals surface area contributed by atoms with Crippen LogP contribution in [0.2, 0.25) is 0 Å². The van der Waals surface area contributed by atoms with Crippen LogP contribution >= 0.6 is 0 Å². The van der Waals surface area contributed by atoms with Crippen LogP contribution in [0.1, 0.15) is 36.5 Å². The van der Waals surface area contributed by atoms with E-state index in [1.54, 1.807) is 36.0 Å². The number of hydrogen-bond donors (Lipinski definition) is 0. The fourth-order valence-corrected chi connectivity index (χ4v) is 5.84. The quantitative estimate of drug-likeness (QED) is 0.723. The van der Waals surface area contributed by atoms with Crippen LogP contribution in [-0.4, -0.2) is 90.8 Å². The molecule has 1 aromatic rings. The molecule has 2 spiro atoms. The molecule has 3 aliphatic heterocycles. The molecule has 1 aromatic carbocycles. The van der Waals surface area contributed by atoms with Crippen LogP contribution in [0.25, 0.3) is 0 Å². The zero-order chi connectivity index (χ0) is 22.4. The molecule has 3 aliphatic rings. The van der Waals surface area contributed by atoms with Gasteiger partial charge in [0, 0.05) is 64.3 Å². The summed E-state index contributed by atoms with van der Waals surface area (Å²) in [7, 11) is 3.46. The fraction of sp³-hybridized carbons (Fsp3) is 0.609. The van der Waals surface area contributed by atoms with Gasteiger partial charge < -0.3 is 19.6 Å². The zero-order valence-corrected chi connectivity index (χ0v) is 18.6. The van der Waals surface area contributed by atoms with E-state index in [0.717, 1.165) is 6.42 Å². The number of benzene rings is 1. The topological polar surface area (TPSA) is 64.2 Å². The maximum absolute atomic E-state index is 13.6. The van der Waals surface area contributed by atoms with E-state index < -0.39 is 11.2 Å². The van der Waals surface area contributed by atoms with Crippen molar-refractivity contribution in [2.45, 2.75) is 26.2 Å². The van der Waals surface area contributed by atoms with Crippen molar-refractivity contribution in [3.05, 3.63) is 35.6 Å². The Balaban J connectivity index is 1.58. The minimum Gasteiger partial charge on any atom is -0.342 e. The molecule has 0 bridgehead atoms. The Morgan fingerprint density at radius 3 is 2.35 bits per heavy atom. The summed E-state index contributed by atoms with van der Waals surface area (Å²) in [4.78, 5) is 46.2. The third-order valence-electron chi connectivity index (χ3n) is 7.59. The number of amides is 4. The van der Waals surface area contributed by atoms with Crippen LogP contribution < -0.4 is 0 Å². The van der Waals surface area contributed by atoms with Crippen molar-refractivity contribution in [1.82, 2.24) is 19.6 Å². The normalized spacial score (nSPS) is 25.0. The first-order chi connectivity index (χ1) is 14.7. The molecule has 0 aliphatic carbocycles. The van der Waals surface area contributed by atoms with Crippen LogP contribution in [0, 0.1) is 16.6 Å². The Labute approximate surface area is 182 Å². The molecule has 0 N–H and O–H groups in total. The van der Waals surface area contributed by atoms with E-state index in [1.165, 1.54) is 12.1 Å². The lowest BCUT2D eigenvalue weighted by Gasteiger charge is -2.46. The van der Waals surface area contributed by atoms with Gasteiger partial charge in [-0.3, -0.25) is 9.59 Å². The second kappa shape index (κ2) is 7.80. The van der Waals surface area contributed by atoms with Gasteiger partial charge in [-0.2, -0.15) is 0 Å². The highest BCUT2D eigenvalue weighted by atomic mass is 19.1. The molecule has 168 valence electrons. The number of rotatable bonds is 2. The van der Waals surface area contributed by atoms with Gasteiger partial charge in [-0.25, -0.2) is 9.18 Å². The maximum Gasteiger partial charge on any atom is 0.319 e. The number of piperidine rings is 1. The molecule has 3 saturated heterocycles. The van der Waals surface area contributed by atoms with Crippen LogP contribution in [0.3, 0.4) is 0 Å². The zero-order valence-electron chi connectivity index (χ0n) is 18.6. The summed E-state index contributed by atoms with van der Waals surface area (Å²) in [6.45, 7) is 5.35. The number of carbonyl (C=O) groups is 3. The maximum atomic E-state index is 13.6. The van der Waals surface area contributed by atoms with Gasteiger partial charge in [0.05, 0.1) is 5.41 Å². The van der Waals surface area contributed by atoms with Crippen LogP contribution in [-0.2, 0) is 4.79 Å². The van der Waals surface area contributed by atoms with Gasteiger partial charge in [-0.05, 0) is 44.4 Å². The Bertz CT molecular complexity index is 897. The molecule has 1 atom stereocenters. The number of fused-ring (bicyclic) bond motifs is 1. The first kappa shape index (κ1) is 21.6. The molecular formula is C23H31FN4O3. The van der Waals surface area contributed by atoms with Gasteiger partial charge in [-0.15, -0.1) is 0 Å². The van der Waals surface area contributed by atoms with Gasteiger partial charge in [-0.1, -0.05) is 6.07 Å². The second-order valence-corrected chi connectivity index (χ2v) is 9.33. The predicted molar refractivity (Wildman–Crippen MR) is 114 cm³/mol. The lowest BCUT2D eigenvalue weighted by molar-refractivity contribution is -0.141. The smallest absolute Gasteiger partial charge is 0.319 e. The Morgan fingerprint density at radius 2 is 1.77 bits per heavy atom. The molecule has 0 saturated carbocycles. The third kappa shape index (κ3) is 3.36. The lowest BCUT2D eigenvalue weighted by atomic mass is 9.60. The molecule has 31 heavy (non-hydrogen) atoms. The van der Waals surface area contributed by atoms with Gasteiger partial charge in [0.2, 0.25) is 5.91 Å². The molecule has 0 aromatic heterocycles. The largest absolute Gasteiger partial charge is 0.342 e. The fourth-order valence-electron chi connectivity index (χ4n) is 5.84. The average Bonchev–Trinajstić information content (AvgIpc) is 3.25. The molecular weight excluding hydrogens is 399 g/mol. The average molecular weight is 431 g/mol. The highest BCUT2D eigenvalue weighted by Crippen LogP contribution is 2.58. The highest BCUT2D eigenvalue weighted by Gasteiger charge is 2.66. The van der Waals surface area contributed by atoms with Crippen LogP contribution in [0.4, 0.5) is 9.18 Å². The molecule has 0 radical (unpaired) electrons. The van der Waals surface area contributed by atoms with Crippen molar-refractivity contribution in [2.24, 2.45) is 10.8 Å². The minimum absolute atomic E-state index is 0.0720. The Morgan fingerprint density at radius 1 is 1.06 bits per heavy atom. The highest BCUT2D eigenvalue weighted by molar-refractivity contribution is 5.94.